The number of hydrogen-bond donors (Lipinski definition) is 1. The molecule has 1 saturated heterocycles. The van der Waals surface area contributed by atoms with Crippen molar-refractivity contribution < 1.29 is 9.31 Å². The van der Waals surface area contributed by atoms with Gasteiger partial charge in [0.25, 0.3) is 5.69 Å². The first kappa shape index (κ1) is 13.7. The molecule has 5 nitrogen and oxygen atoms in total. The summed E-state index contributed by atoms with van der Waals surface area (Å²) in [6.07, 6.45) is 2.29. The fraction of sp³-hybridized carbons (Fsp3) is 0.538. The second kappa shape index (κ2) is 5.97. The lowest BCUT2D eigenvalue weighted by Gasteiger charge is -2.29. The van der Waals surface area contributed by atoms with Gasteiger partial charge < -0.3 is 10.2 Å². The molecule has 1 fully saturated rings. The minimum Gasteiger partial charge on any atom is -0.382 e. The molecule has 19 heavy (non-hydrogen) atoms. The van der Waals surface area contributed by atoms with E-state index in [1.54, 1.807) is 0 Å². The van der Waals surface area contributed by atoms with E-state index in [0.717, 1.165) is 32.0 Å². The van der Waals surface area contributed by atoms with E-state index in [1.165, 1.54) is 12.1 Å². The highest BCUT2D eigenvalue weighted by molar-refractivity contribution is 5.50. The van der Waals surface area contributed by atoms with Crippen LogP contribution in [0.25, 0.3) is 0 Å². The Bertz CT molecular complexity index is 467. The zero-order valence-corrected chi connectivity index (χ0v) is 10.9. The maximum Gasteiger partial charge on any atom is 0.272 e. The fourth-order valence-corrected chi connectivity index (χ4v) is 2.46. The van der Waals surface area contributed by atoms with E-state index in [2.05, 4.69) is 17.3 Å². The van der Waals surface area contributed by atoms with Crippen LogP contribution in [-0.4, -0.2) is 36.5 Å². The third kappa shape index (κ3) is 3.64. The zero-order chi connectivity index (χ0) is 13.8. The molecule has 0 spiro atoms. The third-order valence-electron chi connectivity index (χ3n) is 3.47. The average molecular weight is 267 g/mol. The van der Waals surface area contributed by atoms with Crippen LogP contribution in [0, 0.1) is 21.8 Å². The summed E-state index contributed by atoms with van der Waals surface area (Å²) >= 11 is 0. The summed E-state index contributed by atoms with van der Waals surface area (Å²) in [5.74, 6) is -0.0771. The summed E-state index contributed by atoms with van der Waals surface area (Å²) in [5, 5.41) is 13.6. The number of non-ortho nitro benzene ring substituents is 1. The van der Waals surface area contributed by atoms with Crippen LogP contribution in [0.4, 0.5) is 15.8 Å². The molecule has 0 aromatic heterocycles. The molecule has 0 bridgehead atoms. The van der Waals surface area contributed by atoms with Crippen molar-refractivity contribution in [1.82, 2.24) is 4.90 Å². The SMILES string of the molecule is CN1CCCC(CNc2ccc([N+](=O)[O-])cc2F)C1. The topological polar surface area (TPSA) is 58.4 Å². The van der Waals surface area contributed by atoms with Crippen LogP contribution >= 0.6 is 0 Å². The van der Waals surface area contributed by atoms with Crippen LogP contribution in [0.5, 0.6) is 0 Å². The standard InChI is InChI=1S/C13H18FN3O2/c1-16-6-2-3-10(9-16)8-15-13-5-4-11(17(18)19)7-12(13)14/h4-5,7,10,15H,2-3,6,8-9H2,1H3. The molecule has 1 aromatic rings. The van der Waals surface area contributed by atoms with Crippen molar-refractivity contribution in [3.8, 4) is 0 Å². The molecular formula is C13H18FN3O2. The predicted octanol–water partition coefficient (Wildman–Crippen LogP) is 2.49. The van der Waals surface area contributed by atoms with Crippen molar-refractivity contribution in [2.24, 2.45) is 5.92 Å². The highest BCUT2D eigenvalue weighted by atomic mass is 19.1. The van der Waals surface area contributed by atoms with Crippen molar-refractivity contribution in [3.63, 3.8) is 0 Å². The van der Waals surface area contributed by atoms with Gasteiger partial charge in [-0.1, -0.05) is 0 Å². The molecule has 1 N–H and O–H groups in total. The molecule has 0 radical (unpaired) electrons. The first-order valence-corrected chi connectivity index (χ1v) is 6.42. The summed E-state index contributed by atoms with van der Waals surface area (Å²) in [4.78, 5) is 12.2. The Balaban J connectivity index is 1.94. The minimum absolute atomic E-state index is 0.222. The van der Waals surface area contributed by atoms with Gasteiger partial charge in [-0.15, -0.1) is 0 Å². The number of benzene rings is 1. The summed E-state index contributed by atoms with van der Waals surface area (Å²) < 4.78 is 13.7. The van der Waals surface area contributed by atoms with Gasteiger partial charge in [0, 0.05) is 19.2 Å². The van der Waals surface area contributed by atoms with Gasteiger partial charge in [-0.05, 0) is 38.4 Å². The first-order valence-electron chi connectivity index (χ1n) is 6.42. The number of nitrogens with one attached hydrogen (secondary N) is 1. The van der Waals surface area contributed by atoms with E-state index in [9.17, 15) is 14.5 Å². The Hall–Kier alpha value is -1.69. The Morgan fingerprint density at radius 1 is 1.58 bits per heavy atom. The molecule has 0 saturated carbocycles. The van der Waals surface area contributed by atoms with Crippen LogP contribution in [0.1, 0.15) is 12.8 Å². The summed E-state index contributed by atoms with van der Waals surface area (Å²) in [6.45, 7) is 2.81. The molecule has 1 aliphatic heterocycles. The van der Waals surface area contributed by atoms with Crippen molar-refractivity contribution in [3.05, 3.63) is 34.1 Å². The minimum atomic E-state index is -0.594. The van der Waals surface area contributed by atoms with Gasteiger partial charge in [-0.25, -0.2) is 4.39 Å². The van der Waals surface area contributed by atoms with Crippen molar-refractivity contribution in [2.75, 3.05) is 32.0 Å². The first-order chi connectivity index (χ1) is 9.06. The number of anilines is 1. The van der Waals surface area contributed by atoms with E-state index >= 15 is 0 Å². The molecule has 1 unspecified atom stereocenters. The van der Waals surface area contributed by atoms with Gasteiger partial charge in [-0.2, -0.15) is 0 Å². The Morgan fingerprint density at radius 2 is 2.37 bits per heavy atom. The normalized spacial score (nSPS) is 20.2. The van der Waals surface area contributed by atoms with E-state index in [0.29, 0.717) is 18.2 Å². The molecule has 0 aliphatic carbocycles. The summed E-state index contributed by atoms with van der Waals surface area (Å²) in [5.41, 5.74) is 0.110. The Morgan fingerprint density at radius 3 is 3.00 bits per heavy atom. The van der Waals surface area contributed by atoms with Crippen molar-refractivity contribution in [1.29, 1.82) is 0 Å². The summed E-state index contributed by atoms with van der Waals surface area (Å²) in [7, 11) is 2.08. The lowest BCUT2D eigenvalue weighted by Crippen LogP contribution is -2.35. The molecular weight excluding hydrogens is 249 g/mol. The van der Waals surface area contributed by atoms with Gasteiger partial charge in [0.05, 0.1) is 16.7 Å². The number of halogens is 1. The number of nitrogens with zero attached hydrogens (tertiary/aromatic N) is 2. The highest BCUT2D eigenvalue weighted by Crippen LogP contribution is 2.22. The monoisotopic (exact) mass is 267 g/mol. The maximum atomic E-state index is 13.7. The van der Waals surface area contributed by atoms with E-state index < -0.39 is 10.7 Å². The highest BCUT2D eigenvalue weighted by Gasteiger charge is 2.17. The molecule has 6 heteroatoms. The lowest BCUT2D eigenvalue weighted by molar-refractivity contribution is -0.385. The number of rotatable bonds is 4. The van der Waals surface area contributed by atoms with E-state index in [-0.39, 0.29) is 5.69 Å². The number of hydrogen-bond acceptors (Lipinski definition) is 4. The van der Waals surface area contributed by atoms with Gasteiger partial charge in [-0.3, -0.25) is 10.1 Å². The molecule has 2 rings (SSSR count). The molecule has 1 aromatic carbocycles. The molecule has 1 heterocycles. The van der Waals surface area contributed by atoms with Gasteiger partial charge in [0.1, 0.15) is 0 Å². The quantitative estimate of drug-likeness (QED) is 0.672. The van der Waals surface area contributed by atoms with E-state index in [4.69, 9.17) is 0 Å². The van der Waals surface area contributed by atoms with Crippen LogP contribution < -0.4 is 5.32 Å². The fourth-order valence-electron chi connectivity index (χ4n) is 2.46. The molecule has 104 valence electrons. The predicted molar refractivity (Wildman–Crippen MR) is 71.8 cm³/mol. The van der Waals surface area contributed by atoms with Crippen molar-refractivity contribution in [2.45, 2.75) is 12.8 Å². The number of nitro groups is 1. The second-order valence-corrected chi connectivity index (χ2v) is 5.07. The van der Waals surface area contributed by atoms with Crippen molar-refractivity contribution >= 4 is 11.4 Å². The number of piperidine rings is 1. The number of nitro benzene ring substituents is 1. The maximum absolute atomic E-state index is 13.7. The lowest BCUT2D eigenvalue weighted by atomic mass is 9.98. The average Bonchev–Trinajstić information content (AvgIpc) is 2.37. The van der Waals surface area contributed by atoms with Gasteiger partial charge in [0.2, 0.25) is 0 Å². The van der Waals surface area contributed by atoms with Crippen LogP contribution in [0.15, 0.2) is 18.2 Å². The second-order valence-electron chi connectivity index (χ2n) is 5.07. The third-order valence-corrected chi connectivity index (χ3v) is 3.47. The van der Waals surface area contributed by atoms with E-state index in [1.807, 2.05) is 0 Å². The van der Waals surface area contributed by atoms with Crippen LogP contribution in [0.2, 0.25) is 0 Å². The smallest absolute Gasteiger partial charge is 0.272 e. The largest absolute Gasteiger partial charge is 0.382 e. The Kier molecular flexibility index (Phi) is 4.31. The van der Waals surface area contributed by atoms with Gasteiger partial charge >= 0.3 is 0 Å². The Labute approximate surface area is 111 Å². The van der Waals surface area contributed by atoms with Crippen LogP contribution in [0.3, 0.4) is 0 Å². The summed E-state index contributed by atoms with van der Waals surface area (Å²) in [6, 6.07) is 3.70. The zero-order valence-electron chi connectivity index (χ0n) is 10.9. The van der Waals surface area contributed by atoms with Crippen LogP contribution in [-0.2, 0) is 0 Å². The van der Waals surface area contributed by atoms with Gasteiger partial charge in [0.15, 0.2) is 5.82 Å². The molecule has 1 atom stereocenters. The number of likely N-dealkylation sites (tertiary alicyclic amines) is 1. The molecule has 0 amide bonds. The molecule has 1 aliphatic rings.